The third kappa shape index (κ3) is 4.55. The molecule has 0 saturated carbocycles. The molecule has 1 N–H and O–H groups in total. The van der Waals surface area contributed by atoms with Crippen LogP contribution in [0.4, 0.5) is 0 Å². The molecule has 2 unspecified atom stereocenters. The van der Waals surface area contributed by atoms with Crippen molar-refractivity contribution in [2.75, 3.05) is 14.2 Å². The number of carbonyl (C=O) groups is 1. The van der Waals surface area contributed by atoms with Crippen LogP contribution in [-0.2, 0) is 9.53 Å². The highest BCUT2D eigenvalue weighted by Crippen LogP contribution is 2.29. The summed E-state index contributed by atoms with van der Waals surface area (Å²) in [4.78, 5) is 13.0. The minimum atomic E-state index is -0.634. The van der Waals surface area contributed by atoms with Gasteiger partial charge < -0.3 is 10.1 Å². The SMILES string of the molecule is CNC(C)(CC(C)Sc1cccc(C)c1)C(=O)OC. The minimum Gasteiger partial charge on any atom is -0.468 e. The molecule has 0 heterocycles. The van der Waals surface area contributed by atoms with Crippen molar-refractivity contribution in [2.24, 2.45) is 0 Å². The van der Waals surface area contributed by atoms with Gasteiger partial charge in [-0.05, 0) is 39.4 Å². The maximum atomic E-state index is 11.8. The minimum absolute atomic E-state index is 0.216. The highest BCUT2D eigenvalue weighted by atomic mass is 32.2. The standard InChI is InChI=1S/C15H23NO2S/c1-11-7-6-8-13(9-11)19-12(2)10-15(3,16-4)14(17)18-5/h6-9,12,16H,10H2,1-5H3. The van der Waals surface area contributed by atoms with E-state index < -0.39 is 5.54 Å². The normalized spacial score (nSPS) is 15.6. The molecule has 0 aliphatic carbocycles. The van der Waals surface area contributed by atoms with Gasteiger partial charge in [0.1, 0.15) is 5.54 Å². The van der Waals surface area contributed by atoms with Gasteiger partial charge in [0, 0.05) is 10.1 Å². The summed E-state index contributed by atoms with van der Waals surface area (Å²) in [5.41, 5.74) is 0.617. The zero-order valence-corrected chi connectivity index (χ0v) is 13.1. The molecule has 4 heteroatoms. The van der Waals surface area contributed by atoms with Crippen LogP contribution in [-0.4, -0.2) is 30.9 Å². The highest BCUT2D eigenvalue weighted by molar-refractivity contribution is 7.99. The second kappa shape index (κ2) is 6.96. The maximum Gasteiger partial charge on any atom is 0.325 e. The molecule has 0 aliphatic heterocycles. The molecule has 1 rings (SSSR count). The molecule has 0 amide bonds. The highest BCUT2D eigenvalue weighted by Gasteiger charge is 2.34. The molecule has 0 aliphatic rings. The topological polar surface area (TPSA) is 38.3 Å². The molecule has 106 valence electrons. The molecule has 0 aromatic heterocycles. The van der Waals surface area contributed by atoms with Crippen LogP contribution in [0.1, 0.15) is 25.8 Å². The van der Waals surface area contributed by atoms with Crippen LogP contribution >= 0.6 is 11.8 Å². The van der Waals surface area contributed by atoms with Crippen molar-refractivity contribution in [3.05, 3.63) is 29.8 Å². The van der Waals surface area contributed by atoms with E-state index in [2.05, 4.69) is 43.4 Å². The van der Waals surface area contributed by atoms with E-state index in [0.717, 1.165) is 6.42 Å². The zero-order chi connectivity index (χ0) is 14.5. The van der Waals surface area contributed by atoms with Crippen molar-refractivity contribution < 1.29 is 9.53 Å². The zero-order valence-electron chi connectivity index (χ0n) is 12.3. The van der Waals surface area contributed by atoms with Gasteiger partial charge >= 0.3 is 5.97 Å². The van der Waals surface area contributed by atoms with Gasteiger partial charge in [0.25, 0.3) is 0 Å². The molecule has 0 saturated heterocycles. The lowest BCUT2D eigenvalue weighted by Gasteiger charge is -2.28. The van der Waals surface area contributed by atoms with Gasteiger partial charge in [-0.3, -0.25) is 4.79 Å². The van der Waals surface area contributed by atoms with Crippen molar-refractivity contribution in [2.45, 2.75) is 42.9 Å². The van der Waals surface area contributed by atoms with E-state index in [1.807, 2.05) is 6.92 Å². The summed E-state index contributed by atoms with van der Waals surface area (Å²) in [5.74, 6) is -0.216. The lowest BCUT2D eigenvalue weighted by atomic mass is 9.96. The molecule has 0 spiro atoms. The molecule has 19 heavy (non-hydrogen) atoms. The summed E-state index contributed by atoms with van der Waals surface area (Å²) in [6.45, 7) is 6.10. The lowest BCUT2D eigenvalue weighted by Crippen LogP contribution is -2.49. The number of carbonyl (C=O) groups excluding carboxylic acids is 1. The monoisotopic (exact) mass is 281 g/mol. The van der Waals surface area contributed by atoms with Crippen LogP contribution in [0, 0.1) is 6.92 Å². The lowest BCUT2D eigenvalue weighted by molar-refractivity contribution is -0.147. The number of benzene rings is 1. The van der Waals surface area contributed by atoms with E-state index in [9.17, 15) is 4.79 Å². The second-order valence-corrected chi connectivity index (χ2v) is 6.53. The third-order valence-corrected chi connectivity index (χ3v) is 4.31. The number of hydrogen-bond donors (Lipinski definition) is 1. The molecule has 3 nitrogen and oxygen atoms in total. The average Bonchev–Trinajstić information content (AvgIpc) is 2.37. The Balaban J connectivity index is 2.68. The molecule has 1 aromatic carbocycles. The molecule has 0 fully saturated rings. The van der Waals surface area contributed by atoms with E-state index in [1.54, 1.807) is 18.8 Å². The summed E-state index contributed by atoms with van der Waals surface area (Å²) in [5, 5.41) is 3.39. The van der Waals surface area contributed by atoms with Crippen LogP contribution in [0.5, 0.6) is 0 Å². The van der Waals surface area contributed by atoms with Gasteiger partial charge in [-0.15, -0.1) is 11.8 Å². The Morgan fingerprint density at radius 2 is 2.21 bits per heavy atom. The largest absolute Gasteiger partial charge is 0.468 e. The predicted octanol–water partition coefficient (Wildman–Crippen LogP) is 3.02. The first-order valence-corrected chi connectivity index (χ1v) is 7.30. The summed E-state index contributed by atoms with van der Waals surface area (Å²) in [6, 6.07) is 8.40. The maximum absolute atomic E-state index is 11.8. The Bertz CT molecular complexity index is 436. The molecular formula is C15H23NO2S. The van der Waals surface area contributed by atoms with E-state index >= 15 is 0 Å². The first-order valence-electron chi connectivity index (χ1n) is 6.42. The number of aryl methyl sites for hydroxylation is 1. The quantitative estimate of drug-likeness (QED) is 0.642. The molecular weight excluding hydrogens is 258 g/mol. The van der Waals surface area contributed by atoms with Crippen molar-refractivity contribution in [3.63, 3.8) is 0 Å². The van der Waals surface area contributed by atoms with Gasteiger partial charge in [0.05, 0.1) is 7.11 Å². The fraction of sp³-hybridized carbons (Fsp3) is 0.533. The van der Waals surface area contributed by atoms with Gasteiger partial charge in [0.15, 0.2) is 0 Å². The fourth-order valence-electron chi connectivity index (χ4n) is 2.05. The summed E-state index contributed by atoms with van der Waals surface area (Å²) >= 11 is 1.78. The number of methoxy groups -OCH3 is 1. The summed E-state index contributed by atoms with van der Waals surface area (Å²) < 4.78 is 4.87. The number of rotatable bonds is 6. The van der Waals surface area contributed by atoms with Crippen molar-refractivity contribution in [3.8, 4) is 0 Å². The number of ether oxygens (including phenoxy) is 1. The van der Waals surface area contributed by atoms with Crippen LogP contribution in [0.3, 0.4) is 0 Å². The van der Waals surface area contributed by atoms with Gasteiger partial charge in [-0.1, -0.05) is 24.6 Å². The van der Waals surface area contributed by atoms with Crippen molar-refractivity contribution in [1.29, 1.82) is 0 Å². The Labute approximate surface area is 120 Å². The molecule has 1 aromatic rings. The molecule has 0 radical (unpaired) electrons. The number of nitrogens with one attached hydrogen (secondary N) is 1. The third-order valence-electron chi connectivity index (χ3n) is 3.21. The molecule has 0 bridgehead atoms. The Hall–Kier alpha value is -1.00. The van der Waals surface area contributed by atoms with E-state index in [-0.39, 0.29) is 5.97 Å². The number of thioether (sulfide) groups is 1. The summed E-state index contributed by atoms with van der Waals surface area (Å²) in [7, 11) is 3.22. The Morgan fingerprint density at radius 3 is 2.74 bits per heavy atom. The number of esters is 1. The van der Waals surface area contributed by atoms with Crippen LogP contribution in [0.25, 0.3) is 0 Å². The molecule has 2 atom stereocenters. The van der Waals surface area contributed by atoms with Gasteiger partial charge in [-0.25, -0.2) is 0 Å². The number of likely N-dealkylation sites (N-methyl/N-ethyl adjacent to an activating group) is 1. The van der Waals surface area contributed by atoms with Gasteiger partial charge in [0.2, 0.25) is 0 Å². The van der Waals surface area contributed by atoms with Crippen LogP contribution < -0.4 is 5.32 Å². The second-order valence-electron chi connectivity index (χ2n) is 5.02. The average molecular weight is 281 g/mol. The number of hydrogen-bond acceptors (Lipinski definition) is 4. The van der Waals surface area contributed by atoms with Gasteiger partial charge in [-0.2, -0.15) is 0 Å². The predicted molar refractivity (Wildman–Crippen MR) is 80.6 cm³/mol. The summed E-state index contributed by atoms with van der Waals surface area (Å²) in [6.07, 6.45) is 0.717. The fourth-order valence-corrected chi connectivity index (χ4v) is 3.34. The van der Waals surface area contributed by atoms with Crippen molar-refractivity contribution >= 4 is 17.7 Å². The van der Waals surface area contributed by atoms with E-state index in [0.29, 0.717) is 5.25 Å². The first-order chi connectivity index (χ1) is 8.91. The first kappa shape index (κ1) is 16.1. The van der Waals surface area contributed by atoms with Crippen LogP contribution in [0.15, 0.2) is 29.2 Å². The smallest absolute Gasteiger partial charge is 0.325 e. The Kier molecular flexibility index (Phi) is 5.88. The Morgan fingerprint density at radius 1 is 1.53 bits per heavy atom. The van der Waals surface area contributed by atoms with Crippen molar-refractivity contribution in [1.82, 2.24) is 5.32 Å². The van der Waals surface area contributed by atoms with E-state index in [4.69, 9.17) is 4.74 Å². The van der Waals surface area contributed by atoms with Crippen LogP contribution in [0.2, 0.25) is 0 Å². The van der Waals surface area contributed by atoms with E-state index in [1.165, 1.54) is 17.6 Å².